The molecule has 1 saturated carbocycles. The number of anilines is 2. The van der Waals surface area contributed by atoms with Crippen molar-refractivity contribution >= 4 is 34.1 Å². The Balaban J connectivity index is 1.45. The lowest BCUT2D eigenvalue weighted by Gasteiger charge is -2.08. The minimum Gasteiger partial charge on any atom is -0.326 e. The molecule has 5 heteroatoms. The molecule has 1 aliphatic rings. The molecule has 25 heavy (non-hydrogen) atoms. The number of para-hydroxylation sites is 1. The van der Waals surface area contributed by atoms with Crippen LogP contribution in [0.4, 0.5) is 11.4 Å². The lowest BCUT2D eigenvalue weighted by molar-refractivity contribution is -0.117. The number of nitrogens with one attached hydrogen (secondary N) is 2. The first-order valence-corrected chi connectivity index (χ1v) is 8.27. The van der Waals surface area contributed by atoms with Crippen LogP contribution in [-0.4, -0.2) is 16.8 Å². The molecule has 0 aliphatic heterocycles. The molecule has 0 atom stereocenters. The van der Waals surface area contributed by atoms with Gasteiger partial charge in [-0.3, -0.25) is 9.59 Å². The minimum absolute atomic E-state index is 0.0668. The zero-order chi connectivity index (χ0) is 17.2. The molecule has 0 saturated heterocycles. The van der Waals surface area contributed by atoms with E-state index in [1.807, 2.05) is 30.3 Å². The van der Waals surface area contributed by atoms with E-state index < -0.39 is 0 Å². The maximum absolute atomic E-state index is 12.4. The summed E-state index contributed by atoms with van der Waals surface area (Å²) in [6, 6.07) is 18.4. The molecule has 4 rings (SSSR count). The lowest BCUT2D eigenvalue weighted by Crippen LogP contribution is -2.14. The van der Waals surface area contributed by atoms with Crippen LogP contribution < -0.4 is 10.6 Å². The third-order valence-corrected chi connectivity index (χ3v) is 4.19. The highest BCUT2D eigenvalue weighted by molar-refractivity contribution is 6.04. The maximum Gasteiger partial charge on any atom is 0.274 e. The predicted octanol–water partition coefficient (Wildman–Crippen LogP) is 3.84. The summed E-state index contributed by atoms with van der Waals surface area (Å²) in [5.41, 5.74) is 2.54. The number of carbonyl (C=O) groups excluding carboxylic acids is 2. The summed E-state index contributed by atoms with van der Waals surface area (Å²) < 4.78 is 0. The van der Waals surface area contributed by atoms with E-state index >= 15 is 0 Å². The van der Waals surface area contributed by atoms with Gasteiger partial charge in [-0.1, -0.05) is 24.3 Å². The predicted molar refractivity (Wildman–Crippen MR) is 97.5 cm³/mol. The fourth-order valence-electron chi connectivity index (χ4n) is 2.61. The maximum atomic E-state index is 12.4. The van der Waals surface area contributed by atoms with E-state index in [4.69, 9.17) is 0 Å². The van der Waals surface area contributed by atoms with E-state index in [0.717, 1.165) is 29.4 Å². The topological polar surface area (TPSA) is 71.1 Å². The van der Waals surface area contributed by atoms with Gasteiger partial charge in [0.05, 0.1) is 5.52 Å². The fourth-order valence-corrected chi connectivity index (χ4v) is 2.61. The lowest BCUT2D eigenvalue weighted by atomic mass is 10.2. The molecule has 1 aliphatic carbocycles. The second-order valence-electron chi connectivity index (χ2n) is 6.18. The number of benzene rings is 2. The van der Waals surface area contributed by atoms with Crippen LogP contribution in [0.15, 0.2) is 60.7 Å². The number of rotatable bonds is 4. The Hall–Kier alpha value is -3.21. The number of pyridine rings is 1. The van der Waals surface area contributed by atoms with Crippen molar-refractivity contribution in [3.05, 3.63) is 66.4 Å². The van der Waals surface area contributed by atoms with Crippen LogP contribution in [0.3, 0.4) is 0 Å². The number of amides is 2. The summed E-state index contributed by atoms with van der Waals surface area (Å²) >= 11 is 0. The minimum atomic E-state index is -0.263. The number of aromatic nitrogens is 1. The van der Waals surface area contributed by atoms with Crippen molar-refractivity contribution in [2.45, 2.75) is 12.8 Å². The first kappa shape index (κ1) is 15.3. The van der Waals surface area contributed by atoms with Gasteiger partial charge in [-0.2, -0.15) is 0 Å². The number of hydrogen-bond donors (Lipinski definition) is 2. The SMILES string of the molecule is O=C(Nc1ccc(NC(=O)C2CC2)cc1)c1ccc2ccccc2n1. The molecule has 2 N–H and O–H groups in total. The van der Waals surface area contributed by atoms with Crippen LogP contribution in [-0.2, 0) is 4.79 Å². The summed E-state index contributed by atoms with van der Waals surface area (Å²) in [7, 11) is 0. The second kappa shape index (κ2) is 6.36. The van der Waals surface area contributed by atoms with Gasteiger partial charge in [0.15, 0.2) is 0 Å². The molecule has 3 aromatic rings. The van der Waals surface area contributed by atoms with Crippen molar-refractivity contribution in [1.29, 1.82) is 0 Å². The van der Waals surface area contributed by atoms with Gasteiger partial charge in [-0.15, -0.1) is 0 Å². The van der Waals surface area contributed by atoms with Crippen LogP contribution in [0.1, 0.15) is 23.3 Å². The molecule has 1 fully saturated rings. The van der Waals surface area contributed by atoms with Crippen LogP contribution in [0, 0.1) is 5.92 Å². The van der Waals surface area contributed by atoms with E-state index in [2.05, 4.69) is 15.6 Å². The first-order valence-electron chi connectivity index (χ1n) is 8.27. The number of carbonyl (C=O) groups is 2. The highest BCUT2D eigenvalue weighted by Gasteiger charge is 2.29. The Morgan fingerprint density at radius 1 is 0.840 bits per heavy atom. The van der Waals surface area contributed by atoms with Crippen molar-refractivity contribution in [1.82, 2.24) is 4.98 Å². The average molecular weight is 331 g/mol. The van der Waals surface area contributed by atoms with Crippen LogP contribution in [0.2, 0.25) is 0 Å². The van der Waals surface area contributed by atoms with E-state index in [1.54, 1.807) is 30.3 Å². The van der Waals surface area contributed by atoms with Crippen LogP contribution >= 0.6 is 0 Å². The first-order chi connectivity index (χ1) is 12.2. The highest BCUT2D eigenvalue weighted by Crippen LogP contribution is 2.30. The molecule has 5 nitrogen and oxygen atoms in total. The van der Waals surface area contributed by atoms with E-state index in [1.165, 1.54) is 0 Å². The summed E-state index contributed by atoms with van der Waals surface area (Å²) in [6.45, 7) is 0. The summed E-state index contributed by atoms with van der Waals surface area (Å²) in [6.07, 6.45) is 1.94. The molecule has 1 aromatic heterocycles. The second-order valence-corrected chi connectivity index (χ2v) is 6.18. The van der Waals surface area contributed by atoms with Gasteiger partial charge in [-0.25, -0.2) is 4.98 Å². The molecule has 0 radical (unpaired) electrons. The fraction of sp³-hybridized carbons (Fsp3) is 0.150. The van der Waals surface area contributed by atoms with E-state index in [9.17, 15) is 9.59 Å². The van der Waals surface area contributed by atoms with E-state index in [0.29, 0.717) is 11.4 Å². The number of hydrogen-bond acceptors (Lipinski definition) is 3. The third-order valence-electron chi connectivity index (χ3n) is 4.19. The van der Waals surface area contributed by atoms with Crippen molar-refractivity contribution in [3.8, 4) is 0 Å². The molecule has 0 bridgehead atoms. The Kier molecular flexibility index (Phi) is 3.90. The smallest absolute Gasteiger partial charge is 0.274 e. The third kappa shape index (κ3) is 3.50. The quantitative estimate of drug-likeness (QED) is 0.763. The van der Waals surface area contributed by atoms with Gasteiger partial charge < -0.3 is 10.6 Å². The van der Waals surface area contributed by atoms with Gasteiger partial charge in [0, 0.05) is 22.7 Å². The van der Waals surface area contributed by atoms with Crippen LogP contribution in [0.25, 0.3) is 10.9 Å². The van der Waals surface area contributed by atoms with Crippen molar-refractivity contribution < 1.29 is 9.59 Å². The van der Waals surface area contributed by atoms with E-state index in [-0.39, 0.29) is 17.7 Å². The molecule has 0 spiro atoms. The van der Waals surface area contributed by atoms with Gasteiger partial charge in [-0.05, 0) is 49.2 Å². The monoisotopic (exact) mass is 331 g/mol. The zero-order valence-electron chi connectivity index (χ0n) is 13.5. The number of fused-ring (bicyclic) bond motifs is 1. The largest absolute Gasteiger partial charge is 0.326 e. The molecule has 2 amide bonds. The number of nitrogens with zero attached hydrogens (tertiary/aromatic N) is 1. The summed E-state index contributed by atoms with van der Waals surface area (Å²) in [4.78, 5) is 28.5. The summed E-state index contributed by atoms with van der Waals surface area (Å²) in [5, 5.41) is 6.69. The van der Waals surface area contributed by atoms with Gasteiger partial charge in [0.2, 0.25) is 5.91 Å². The standard InChI is InChI=1S/C20H17N3O2/c24-19(14-5-6-14)21-15-8-10-16(11-9-15)22-20(25)18-12-7-13-3-1-2-4-17(13)23-18/h1-4,7-12,14H,5-6H2,(H,21,24)(H,22,25). The normalized spacial score (nSPS) is 13.4. The Labute approximate surface area is 145 Å². The average Bonchev–Trinajstić information content (AvgIpc) is 3.48. The van der Waals surface area contributed by atoms with Crippen molar-refractivity contribution in [2.75, 3.05) is 10.6 Å². The molecule has 0 unspecified atom stereocenters. The molecular formula is C20H17N3O2. The van der Waals surface area contributed by atoms with Crippen molar-refractivity contribution in [2.24, 2.45) is 5.92 Å². The highest BCUT2D eigenvalue weighted by atomic mass is 16.2. The van der Waals surface area contributed by atoms with Crippen LogP contribution in [0.5, 0.6) is 0 Å². The van der Waals surface area contributed by atoms with Gasteiger partial charge in [0.1, 0.15) is 5.69 Å². The zero-order valence-corrected chi connectivity index (χ0v) is 13.5. The molecular weight excluding hydrogens is 314 g/mol. The summed E-state index contributed by atoms with van der Waals surface area (Å²) in [5.74, 6) is -0.0315. The molecule has 1 heterocycles. The van der Waals surface area contributed by atoms with Crippen molar-refractivity contribution in [3.63, 3.8) is 0 Å². The molecule has 124 valence electrons. The Morgan fingerprint density at radius 3 is 2.24 bits per heavy atom. The Bertz CT molecular complexity index is 947. The Morgan fingerprint density at radius 2 is 1.52 bits per heavy atom. The molecule has 2 aromatic carbocycles. The van der Waals surface area contributed by atoms with Gasteiger partial charge >= 0.3 is 0 Å². The van der Waals surface area contributed by atoms with Gasteiger partial charge in [0.25, 0.3) is 5.91 Å².